The molecular formula is C18H34O2P2. The number of hydrogen-bond donors (Lipinski definition) is 0. The Hall–Kier alpha value is 0.780. The first-order chi connectivity index (χ1) is 10.9. The summed E-state index contributed by atoms with van der Waals surface area (Å²) in [5.41, 5.74) is 1.61. The van der Waals surface area contributed by atoms with Crippen LogP contribution in [0.25, 0.3) is 0 Å². The first kappa shape index (κ1) is 17.6. The largest absolute Gasteiger partial charge is 0.359 e. The fourth-order valence-electron chi connectivity index (χ4n) is 4.15. The van der Waals surface area contributed by atoms with Crippen molar-refractivity contribution >= 4 is 17.6 Å². The lowest BCUT2D eigenvalue weighted by atomic mass is 9.98. The van der Waals surface area contributed by atoms with E-state index in [2.05, 4.69) is 0 Å². The molecule has 3 rings (SSSR count). The molecule has 0 aromatic heterocycles. The quantitative estimate of drug-likeness (QED) is 0.535. The molecule has 0 bridgehead atoms. The average molecular weight is 344 g/mol. The highest BCUT2D eigenvalue weighted by atomic mass is 31.1. The zero-order valence-electron chi connectivity index (χ0n) is 14.0. The maximum atomic E-state index is 6.32. The van der Waals surface area contributed by atoms with E-state index in [4.69, 9.17) is 9.05 Å². The van der Waals surface area contributed by atoms with Crippen LogP contribution in [0.2, 0.25) is 0 Å². The van der Waals surface area contributed by atoms with E-state index >= 15 is 0 Å². The Morgan fingerprint density at radius 1 is 0.455 bits per heavy atom. The van der Waals surface area contributed by atoms with Crippen molar-refractivity contribution in [3.05, 3.63) is 0 Å². The van der Waals surface area contributed by atoms with Crippen molar-refractivity contribution in [2.24, 2.45) is 0 Å². The molecule has 0 N–H and O–H groups in total. The van der Waals surface area contributed by atoms with Crippen molar-refractivity contribution < 1.29 is 9.05 Å². The van der Waals surface area contributed by atoms with Crippen molar-refractivity contribution in [3.63, 3.8) is 0 Å². The van der Waals surface area contributed by atoms with Gasteiger partial charge in [0.05, 0.1) is 12.2 Å². The Morgan fingerprint density at radius 3 is 1.23 bits per heavy atom. The Labute approximate surface area is 140 Å². The third-order valence-electron chi connectivity index (χ3n) is 5.64. The molecule has 0 radical (unpaired) electrons. The van der Waals surface area contributed by atoms with E-state index in [0.717, 1.165) is 28.9 Å². The van der Waals surface area contributed by atoms with Crippen molar-refractivity contribution in [1.29, 1.82) is 0 Å². The standard InChI is InChI=1S/C18H34O2P2/c1-3-9-15(10-4-1)19-21-17-13-7-8-14-18(17)22-20-16-11-5-2-6-12-16/h15-18,21-22H,1-14H2. The van der Waals surface area contributed by atoms with Crippen LogP contribution in [0.5, 0.6) is 0 Å². The summed E-state index contributed by atoms with van der Waals surface area (Å²) in [7, 11) is 1.48. The third-order valence-corrected chi connectivity index (χ3v) is 8.90. The lowest BCUT2D eigenvalue weighted by Crippen LogP contribution is -2.25. The normalized spacial score (nSPS) is 33.3. The molecule has 0 aliphatic heterocycles. The molecule has 22 heavy (non-hydrogen) atoms. The first-order valence-corrected chi connectivity index (χ1v) is 11.7. The van der Waals surface area contributed by atoms with E-state index in [0.29, 0.717) is 12.2 Å². The van der Waals surface area contributed by atoms with Gasteiger partial charge in [-0.1, -0.05) is 51.4 Å². The summed E-state index contributed by atoms with van der Waals surface area (Å²) in [6.07, 6.45) is 20.4. The van der Waals surface area contributed by atoms with E-state index in [-0.39, 0.29) is 0 Å². The van der Waals surface area contributed by atoms with Gasteiger partial charge in [0.25, 0.3) is 0 Å². The molecule has 0 heterocycles. The predicted molar refractivity (Wildman–Crippen MR) is 98.6 cm³/mol. The number of hydrogen-bond acceptors (Lipinski definition) is 2. The van der Waals surface area contributed by atoms with Crippen LogP contribution in [0.1, 0.15) is 89.9 Å². The van der Waals surface area contributed by atoms with Gasteiger partial charge in [0.1, 0.15) is 0 Å². The van der Waals surface area contributed by atoms with Crippen LogP contribution < -0.4 is 0 Å². The van der Waals surface area contributed by atoms with E-state index in [1.165, 1.54) is 89.9 Å². The monoisotopic (exact) mass is 344 g/mol. The second-order valence-electron chi connectivity index (χ2n) is 7.49. The van der Waals surface area contributed by atoms with E-state index in [1.807, 2.05) is 0 Å². The number of rotatable bonds is 6. The molecular weight excluding hydrogens is 310 g/mol. The van der Waals surface area contributed by atoms with E-state index in [1.54, 1.807) is 0 Å². The van der Waals surface area contributed by atoms with Gasteiger partial charge in [0, 0.05) is 28.9 Å². The molecule has 0 aromatic carbocycles. The molecule has 2 nitrogen and oxygen atoms in total. The fourth-order valence-corrected chi connectivity index (χ4v) is 7.07. The van der Waals surface area contributed by atoms with Crippen molar-refractivity contribution in [3.8, 4) is 0 Å². The zero-order chi connectivity index (χ0) is 15.0. The second-order valence-corrected chi connectivity index (χ2v) is 9.91. The summed E-state index contributed by atoms with van der Waals surface area (Å²) in [4.78, 5) is 0. The minimum absolute atomic E-state index is 0.581. The molecule has 3 aliphatic carbocycles. The van der Waals surface area contributed by atoms with Gasteiger partial charge in [-0.15, -0.1) is 0 Å². The zero-order valence-corrected chi connectivity index (χ0v) is 16.0. The van der Waals surface area contributed by atoms with Gasteiger partial charge in [-0.3, -0.25) is 0 Å². The van der Waals surface area contributed by atoms with Gasteiger partial charge in [0.2, 0.25) is 0 Å². The Balaban J connectivity index is 1.39. The Bertz CT molecular complexity index is 271. The summed E-state index contributed by atoms with van der Waals surface area (Å²) < 4.78 is 12.6. The van der Waals surface area contributed by atoms with Gasteiger partial charge in [-0.05, 0) is 38.5 Å². The smallest absolute Gasteiger partial charge is 0.0614 e. The molecule has 4 heteroatoms. The average Bonchev–Trinajstić information content (AvgIpc) is 2.61. The molecule has 0 amide bonds. The lowest BCUT2D eigenvalue weighted by molar-refractivity contribution is 0.171. The maximum absolute atomic E-state index is 6.32. The molecule has 4 atom stereocenters. The van der Waals surface area contributed by atoms with Crippen LogP contribution in [-0.4, -0.2) is 23.5 Å². The van der Waals surface area contributed by atoms with Gasteiger partial charge in [-0.2, -0.15) is 0 Å². The Kier molecular flexibility index (Phi) is 7.94. The van der Waals surface area contributed by atoms with E-state index in [9.17, 15) is 0 Å². The van der Waals surface area contributed by atoms with Crippen LogP contribution in [-0.2, 0) is 9.05 Å². The van der Waals surface area contributed by atoms with Gasteiger partial charge in [-0.25, -0.2) is 0 Å². The molecule has 4 unspecified atom stereocenters. The van der Waals surface area contributed by atoms with Crippen LogP contribution in [0.3, 0.4) is 0 Å². The molecule has 3 fully saturated rings. The van der Waals surface area contributed by atoms with Crippen molar-refractivity contribution in [2.75, 3.05) is 0 Å². The summed E-state index contributed by atoms with van der Waals surface area (Å²) in [6.45, 7) is 0. The second kappa shape index (κ2) is 9.93. The molecule has 3 saturated carbocycles. The molecule has 0 aromatic rings. The minimum atomic E-state index is 0.581. The van der Waals surface area contributed by atoms with E-state index < -0.39 is 0 Å². The molecule has 128 valence electrons. The highest BCUT2D eigenvalue weighted by Gasteiger charge is 2.28. The topological polar surface area (TPSA) is 18.5 Å². The minimum Gasteiger partial charge on any atom is -0.359 e. The Morgan fingerprint density at radius 2 is 0.818 bits per heavy atom. The molecule has 0 saturated heterocycles. The summed E-state index contributed by atoms with van der Waals surface area (Å²) in [5, 5.41) is 0. The maximum Gasteiger partial charge on any atom is 0.0614 e. The third kappa shape index (κ3) is 5.70. The van der Waals surface area contributed by atoms with Crippen molar-refractivity contribution in [1.82, 2.24) is 0 Å². The highest BCUT2D eigenvalue weighted by molar-refractivity contribution is 7.38. The van der Waals surface area contributed by atoms with Gasteiger partial charge in [0.15, 0.2) is 0 Å². The summed E-state index contributed by atoms with van der Waals surface area (Å²) in [6, 6.07) is 0. The van der Waals surface area contributed by atoms with Crippen molar-refractivity contribution in [2.45, 2.75) is 113 Å². The van der Waals surface area contributed by atoms with Gasteiger partial charge < -0.3 is 9.05 Å². The summed E-state index contributed by atoms with van der Waals surface area (Å²) in [5.74, 6) is 0. The molecule has 0 spiro atoms. The highest BCUT2D eigenvalue weighted by Crippen LogP contribution is 2.45. The van der Waals surface area contributed by atoms with Gasteiger partial charge >= 0.3 is 0 Å². The molecule has 3 aliphatic rings. The van der Waals surface area contributed by atoms with Crippen LogP contribution in [0.4, 0.5) is 0 Å². The SMILES string of the molecule is C1CCC(OPC2CCCCC2POC2CCCCC2)CC1. The predicted octanol–water partition coefficient (Wildman–Crippen LogP) is 6.18. The lowest BCUT2D eigenvalue weighted by Gasteiger charge is -2.34. The first-order valence-electron chi connectivity index (χ1n) is 9.74. The van der Waals surface area contributed by atoms with Crippen LogP contribution in [0, 0.1) is 0 Å². The van der Waals surface area contributed by atoms with Crippen LogP contribution in [0.15, 0.2) is 0 Å². The van der Waals surface area contributed by atoms with Crippen LogP contribution >= 0.6 is 17.6 Å². The fraction of sp³-hybridized carbons (Fsp3) is 1.00. The summed E-state index contributed by atoms with van der Waals surface area (Å²) >= 11 is 0.